The van der Waals surface area contributed by atoms with Gasteiger partial charge in [-0.25, -0.2) is 14.6 Å². The van der Waals surface area contributed by atoms with Crippen LogP contribution >= 0.6 is 11.3 Å². The van der Waals surface area contributed by atoms with E-state index in [-0.39, 0.29) is 22.5 Å². The predicted octanol–water partition coefficient (Wildman–Crippen LogP) is 4.07. The maximum absolute atomic E-state index is 11.1. The fourth-order valence-corrected chi connectivity index (χ4v) is 3.02. The number of thiazole rings is 1. The summed E-state index contributed by atoms with van der Waals surface area (Å²) in [5.74, 6) is -0.412. The molecule has 0 aliphatic heterocycles. The molecule has 2 aromatic carbocycles. The van der Waals surface area contributed by atoms with E-state index in [2.05, 4.69) is 21.1 Å². The van der Waals surface area contributed by atoms with Gasteiger partial charge in [0.05, 0.1) is 27.0 Å². The van der Waals surface area contributed by atoms with Crippen molar-refractivity contribution in [2.45, 2.75) is 0 Å². The third kappa shape index (κ3) is 3.54. The largest absolute Gasteiger partial charge is 0.478 e. The molecule has 0 saturated heterocycles. The topological polar surface area (TPSA) is 136 Å². The normalized spacial score (nSPS) is 10.8. The number of carboxylic acid groups (broad SMARTS) is 2. The van der Waals surface area contributed by atoms with Gasteiger partial charge in [0, 0.05) is 5.87 Å². The summed E-state index contributed by atoms with van der Waals surface area (Å²) in [6.07, 6.45) is 0. The van der Waals surface area contributed by atoms with Crippen LogP contribution in [0.15, 0.2) is 52.7 Å². The predicted molar refractivity (Wildman–Crippen MR) is 95.6 cm³/mol. The molecule has 0 bridgehead atoms. The quantitative estimate of drug-likeness (QED) is 0.462. The van der Waals surface area contributed by atoms with Crippen LogP contribution in [0.1, 0.15) is 25.7 Å². The van der Waals surface area contributed by atoms with E-state index in [4.69, 9.17) is 15.6 Å². The van der Waals surface area contributed by atoms with Crippen LogP contribution in [0.4, 0.5) is 5.69 Å². The Bertz CT molecular complexity index is 1050. The first-order valence-electron chi connectivity index (χ1n) is 7.17. The zero-order valence-corrected chi connectivity index (χ0v) is 13.8. The van der Waals surface area contributed by atoms with E-state index in [1.54, 1.807) is 0 Å². The van der Waals surface area contributed by atoms with Crippen molar-refractivity contribution < 1.29 is 19.8 Å². The molecule has 26 heavy (non-hydrogen) atoms. The highest BCUT2D eigenvalue weighted by molar-refractivity contribution is 7.19. The van der Waals surface area contributed by atoms with Gasteiger partial charge in [0.2, 0.25) is 0 Å². The second-order valence-electron chi connectivity index (χ2n) is 5.04. The van der Waals surface area contributed by atoms with E-state index in [1.807, 2.05) is 24.3 Å². The zero-order chi connectivity index (χ0) is 18.7. The number of benzene rings is 2. The molecular weight excluding hydrogens is 356 g/mol. The van der Waals surface area contributed by atoms with E-state index in [0.29, 0.717) is 5.01 Å². The SMILES string of the molecule is N=C=C(N=Nc1cc(C(=O)O)cc(C(=O)O)c1)c1nc2ccccc2s1. The van der Waals surface area contributed by atoms with Gasteiger partial charge in [-0.1, -0.05) is 12.1 Å². The molecule has 0 unspecified atom stereocenters. The number of azo groups is 1. The van der Waals surface area contributed by atoms with E-state index in [1.165, 1.54) is 23.5 Å². The van der Waals surface area contributed by atoms with Crippen molar-refractivity contribution in [3.63, 3.8) is 0 Å². The van der Waals surface area contributed by atoms with Gasteiger partial charge >= 0.3 is 11.9 Å². The van der Waals surface area contributed by atoms with Crippen molar-refractivity contribution in [1.82, 2.24) is 4.98 Å². The number of aromatic carboxylic acids is 2. The van der Waals surface area contributed by atoms with Crippen LogP contribution < -0.4 is 0 Å². The van der Waals surface area contributed by atoms with E-state index in [0.717, 1.165) is 16.3 Å². The molecule has 8 nitrogen and oxygen atoms in total. The number of hydrogen-bond donors (Lipinski definition) is 3. The molecule has 0 fully saturated rings. The van der Waals surface area contributed by atoms with Crippen LogP contribution in [0.25, 0.3) is 15.9 Å². The lowest BCUT2D eigenvalue weighted by Crippen LogP contribution is -2.01. The maximum atomic E-state index is 11.1. The Morgan fingerprint density at radius 2 is 1.73 bits per heavy atom. The molecule has 3 rings (SSSR count). The number of nitrogens with one attached hydrogen (secondary N) is 1. The molecule has 0 aliphatic rings. The van der Waals surface area contributed by atoms with Gasteiger partial charge in [0.15, 0.2) is 10.7 Å². The summed E-state index contributed by atoms with van der Waals surface area (Å²) in [5, 5.41) is 33.7. The highest BCUT2D eigenvalue weighted by Gasteiger charge is 2.12. The van der Waals surface area contributed by atoms with Crippen molar-refractivity contribution in [3.8, 4) is 0 Å². The number of fused-ring (bicyclic) bond motifs is 1. The first kappa shape index (κ1) is 17.2. The first-order valence-corrected chi connectivity index (χ1v) is 7.98. The van der Waals surface area contributed by atoms with Crippen LogP contribution in [0, 0.1) is 5.41 Å². The van der Waals surface area contributed by atoms with Crippen molar-refractivity contribution in [2.75, 3.05) is 0 Å². The summed E-state index contributed by atoms with van der Waals surface area (Å²) >= 11 is 1.31. The van der Waals surface area contributed by atoms with Crippen molar-refractivity contribution in [1.29, 1.82) is 5.41 Å². The van der Waals surface area contributed by atoms with Gasteiger partial charge in [-0.3, -0.25) is 5.41 Å². The van der Waals surface area contributed by atoms with Crippen LogP contribution in [0.2, 0.25) is 0 Å². The molecule has 3 N–H and O–H groups in total. The molecule has 3 aromatic rings. The minimum atomic E-state index is -1.28. The van der Waals surface area contributed by atoms with Crippen LogP contribution in [0.3, 0.4) is 0 Å². The molecule has 1 aromatic heterocycles. The molecule has 128 valence electrons. The molecule has 1 heterocycles. The lowest BCUT2D eigenvalue weighted by molar-refractivity contribution is 0.0696. The van der Waals surface area contributed by atoms with E-state index < -0.39 is 11.9 Å². The Labute approximate surface area is 150 Å². The summed E-state index contributed by atoms with van der Waals surface area (Å²) in [5.41, 5.74) is 0.398. The Balaban J connectivity index is 1.98. The van der Waals surface area contributed by atoms with Gasteiger partial charge in [0.1, 0.15) is 0 Å². The Kier molecular flexibility index (Phi) is 4.66. The molecule has 0 saturated carbocycles. The molecule has 0 aliphatic carbocycles. The summed E-state index contributed by atoms with van der Waals surface area (Å²) in [6.45, 7) is 0. The highest BCUT2D eigenvalue weighted by Crippen LogP contribution is 2.28. The fraction of sp³-hybridized carbons (Fsp3) is 0. The average molecular weight is 366 g/mol. The van der Waals surface area contributed by atoms with Crippen LogP contribution in [-0.4, -0.2) is 33.0 Å². The summed E-state index contributed by atoms with van der Waals surface area (Å²) < 4.78 is 0.909. The monoisotopic (exact) mass is 366 g/mol. The fourth-order valence-electron chi connectivity index (χ4n) is 2.12. The van der Waals surface area contributed by atoms with Gasteiger partial charge < -0.3 is 10.2 Å². The highest BCUT2D eigenvalue weighted by atomic mass is 32.1. The summed E-state index contributed by atoms with van der Waals surface area (Å²) in [4.78, 5) is 26.6. The Morgan fingerprint density at radius 1 is 1.08 bits per heavy atom. The van der Waals surface area contributed by atoms with Crippen molar-refractivity contribution >= 4 is 50.7 Å². The first-order chi connectivity index (χ1) is 12.5. The van der Waals surface area contributed by atoms with Crippen LogP contribution in [-0.2, 0) is 0 Å². The minimum absolute atomic E-state index is 0.0381. The number of aromatic nitrogens is 1. The average Bonchev–Trinajstić information content (AvgIpc) is 3.05. The van der Waals surface area contributed by atoms with Gasteiger partial charge in [-0.2, -0.15) is 0 Å². The molecular formula is C17H10N4O4S. The van der Waals surface area contributed by atoms with E-state index in [9.17, 15) is 9.59 Å². The standard InChI is InChI=1S/C17H10N4O4S/c18-8-13(15-19-12-3-1-2-4-14(12)26-15)21-20-11-6-9(16(22)23)5-10(7-11)17(24)25/h1-7,18H,(H,22,23)(H,24,25). The number of hydrogen-bond acceptors (Lipinski definition) is 7. The number of carboxylic acids is 2. The van der Waals surface area contributed by atoms with E-state index >= 15 is 0 Å². The lowest BCUT2D eigenvalue weighted by atomic mass is 10.1. The van der Waals surface area contributed by atoms with Gasteiger partial charge in [0.25, 0.3) is 0 Å². The molecule has 0 atom stereocenters. The number of rotatable bonds is 5. The second-order valence-corrected chi connectivity index (χ2v) is 6.07. The Hall–Kier alpha value is -3.68. The van der Waals surface area contributed by atoms with Crippen LogP contribution in [0.5, 0.6) is 0 Å². The van der Waals surface area contributed by atoms with Gasteiger partial charge in [-0.05, 0) is 30.3 Å². The number of carbonyl (C=O) groups is 2. The molecule has 0 spiro atoms. The number of para-hydroxylation sites is 1. The summed E-state index contributed by atoms with van der Waals surface area (Å²) in [6, 6.07) is 10.8. The number of nitrogens with zero attached hydrogens (tertiary/aromatic N) is 3. The molecule has 0 amide bonds. The Morgan fingerprint density at radius 3 is 2.31 bits per heavy atom. The minimum Gasteiger partial charge on any atom is -0.478 e. The molecule has 9 heteroatoms. The molecule has 0 radical (unpaired) electrons. The second kappa shape index (κ2) is 7.06. The summed E-state index contributed by atoms with van der Waals surface area (Å²) in [7, 11) is 0. The van der Waals surface area contributed by atoms with Crippen molar-refractivity contribution in [2.24, 2.45) is 10.2 Å². The van der Waals surface area contributed by atoms with Crippen molar-refractivity contribution in [3.05, 3.63) is 58.6 Å². The van der Waals surface area contributed by atoms with Gasteiger partial charge in [-0.15, -0.1) is 21.6 Å². The zero-order valence-electron chi connectivity index (χ0n) is 13.0. The lowest BCUT2D eigenvalue weighted by Gasteiger charge is -2.00. The third-order valence-corrected chi connectivity index (χ3v) is 4.34. The maximum Gasteiger partial charge on any atom is 0.335 e. The third-order valence-electron chi connectivity index (χ3n) is 3.29. The smallest absolute Gasteiger partial charge is 0.335 e.